The topological polar surface area (TPSA) is 12.0 Å². The summed E-state index contributed by atoms with van der Waals surface area (Å²) in [6, 6.07) is 9.22. The minimum atomic E-state index is 0.517. The molecule has 0 saturated carbocycles. The van der Waals surface area contributed by atoms with Gasteiger partial charge in [-0.15, -0.1) is 18.3 Å². The van der Waals surface area contributed by atoms with Crippen molar-refractivity contribution in [2.75, 3.05) is 12.8 Å². The van der Waals surface area contributed by atoms with E-state index >= 15 is 0 Å². The first-order valence-electron chi connectivity index (χ1n) is 5.63. The Hall–Kier alpha value is -0.730. The maximum atomic E-state index is 3.96. The molecular weight excluding hydrogens is 214 g/mol. The number of nitrogens with one attached hydrogen (secondary N) is 1. The quantitative estimate of drug-likeness (QED) is 0.597. The van der Waals surface area contributed by atoms with Gasteiger partial charge in [0.1, 0.15) is 0 Å². The fraction of sp³-hybridized carbons (Fsp3) is 0.429. The first-order valence-corrected chi connectivity index (χ1v) is 6.61. The molecular formula is C14H21NS. The van der Waals surface area contributed by atoms with Gasteiger partial charge in [-0.1, -0.05) is 23.3 Å². The summed E-state index contributed by atoms with van der Waals surface area (Å²) in [4.78, 5) is 1.34. The molecule has 1 nitrogen and oxygen atoms in total. The third kappa shape index (κ3) is 4.86. The highest BCUT2D eigenvalue weighted by Gasteiger charge is 2.06. The summed E-state index contributed by atoms with van der Waals surface area (Å²) in [6.45, 7) is 8.16. The van der Waals surface area contributed by atoms with E-state index in [0.717, 1.165) is 12.2 Å². The second kappa shape index (κ2) is 6.77. The van der Waals surface area contributed by atoms with Crippen LogP contribution in [0.3, 0.4) is 0 Å². The summed E-state index contributed by atoms with van der Waals surface area (Å²) in [5, 5.41) is 3.33. The van der Waals surface area contributed by atoms with Crippen LogP contribution >= 0.6 is 11.8 Å². The maximum absolute atomic E-state index is 3.96. The number of thioether (sulfide) groups is 1. The second-order valence-electron chi connectivity index (χ2n) is 4.27. The van der Waals surface area contributed by atoms with Crippen LogP contribution in [-0.4, -0.2) is 18.8 Å². The van der Waals surface area contributed by atoms with E-state index in [1.165, 1.54) is 16.0 Å². The van der Waals surface area contributed by atoms with Crippen LogP contribution in [0, 0.1) is 6.92 Å². The number of rotatable bonds is 6. The summed E-state index contributed by atoms with van der Waals surface area (Å²) < 4.78 is 0. The number of benzene rings is 1. The maximum Gasteiger partial charge on any atom is 0.0195 e. The van der Waals surface area contributed by atoms with Crippen molar-refractivity contribution in [3.05, 3.63) is 42.0 Å². The van der Waals surface area contributed by atoms with Gasteiger partial charge in [-0.25, -0.2) is 0 Å². The van der Waals surface area contributed by atoms with Gasteiger partial charge in [0.05, 0.1) is 0 Å². The monoisotopic (exact) mass is 235 g/mol. The summed E-state index contributed by atoms with van der Waals surface area (Å²) >= 11 is 1.90. The largest absolute Gasteiger partial charge is 0.316 e. The molecule has 0 spiro atoms. The molecule has 88 valence electrons. The van der Waals surface area contributed by atoms with Crippen molar-refractivity contribution < 1.29 is 0 Å². The minimum Gasteiger partial charge on any atom is -0.316 e. The molecule has 1 aromatic carbocycles. The first kappa shape index (κ1) is 13.3. The van der Waals surface area contributed by atoms with Crippen LogP contribution in [0.5, 0.6) is 0 Å². The molecule has 1 unspecified atom stereocenters. The van der Waals surface area contributed by atoms with Gasteiger partial charge in [-0.2, -0.15) is 0 Å². The molecule has 0 aliphatic rings. The summed E-state index contributed by atoms with van der Waals surface area (Å²) in [6.07, 6.45) is 1.05. The summed E-state index contributed by atoms with van der Waals surface area (Å²) in [5.74, 6) is 1.09. The summed E-state index contributed by atoms with van der Waals surface area (Å²) in [5.41, 5.74) is 2.56. The van der Waals surface area contributed by atoms with E-state index in [1.807, 2.05) is 18.8 Å². The third-order valence-electron chi connectivity index (χ3n) is 2.48. The van der Waals surface area contributed by atoms with E-state index in [2.05, 4.69) is 50.0 Å². The van der Waals surface area contributed by atoms with Gasteiger partial charge in [0.2, 0.25) is 0 Å². The van der Waals surface area contributed by atoms with Crippen molar-refractivity contribution in [2.45, 2.75) is 31.2 Å². The van der Waals surface area contributed by atoms with Gasteiger partial charge in [0.15, 0.2) is 0 Å². The Morgan fingerprint density at radius 2 is 2.00 bits per heavy atom. The van der Waals surface area contributed by atoms with E-state index in [-0.39, 0.29) is 0 Å². The summed E-state index contributed by atoms with van der Waals surface area (Å²) in [7, 11) is 2.02. The Morgan fingerprint density at radius 1 is 1.38 bits per heavy atom. The van der Waals surface area contributed by atoms with Crippen molar-refractivity contribution in [1.29, 1.82) is 0 Å². The SMILES string of the molecule is C=C(C)CC(CSc1ccc(C)cc1)NC. The molecule has 0 fully saturated rings. The van der Waals surface area contributed by atoms with Crippen LogP contribution < -0.4 is 5.32 Å². The molecule has 16 heavy (non-hydrogen) atoms. The molecule has 1 rings (SSSR count). The van der Waals surface area contributed by atoms with Gasteiger partial charge in [-0.3, -0.25) is 0 Å². The van der Waals surface area contributed by atoms with Crippen LogP contribution in [0.1, 0.15) is 18.9 Å². The highest BCUT2D eigenvalue weighted by Crippen LogP contribution is 2.20. The molecule has 0 amide bonds. The van der Waals surface area contributed by atoms with Crippen molar-refractivity contribution in [3.63, 3.8) is 0 Å². The predicted octanol–water partition coefficient (Wildman–Crippen LogP) is 3.64. The van der Waals surface area contributed by atoms with E-state index in [4.69, 9.17) is 0 Å². The predicted molar refractivity (Wildman–Crippen MR) is 74.2 cm³/mol. The van der Waals surface area contributed by atoms with Gasteiger partial charge in [0, 0.05) is 16.7 Å². The van der Waals surface area contributed by atoms with E-state index in [1.54, 1.807) is 0 Å². The van der Waals surface area contributed by atoms with Gasteiger partial charge in [-0.05, 0) is 39.4 Å². The number of aryl methyl sites for hydroxylation is 1. The molecule has 0 aliphatic heterocycles. The normalized spacial score (nSPS) is 12.4. The zero-order valence-electron chi connectivity index (χ0n) is 10.4. The Bertz CT molecular complexity index is 329. The molecule has 0 radical (unpaired) electrons. The lowest BCUT2D eigenvalue weighted by molar-refractivity contribution is 0.615. The zero-order chi connectivity index (χ0) is 12.0. The molecule has 2 heteroatoms. The van der Waals surface area contributed by atoms with E-state index in [9.17, 15) is 0 Å². The first-order chi connectivity index (χ1) is 7.61. The van der Waals surface area contributed by atoms with Crippen LogP contribution in [0.2, 0.25) is 0 Å². The Kier molecular flexibility index (Phi) is 5.64. The van der Waals surface area contributed by atoms with E-state index in [0.29, 0.717) is 6.04 Å². The average molecular weight is 235 g/mol. The van der Waals surface area contributed by atoms with Crippen molar-refractivity contribution >= 4 is 11.8 Å². The molecule has 0 heterocycles. The van der Waals surface area contributed by atoms with Gasteiger partial charge < -0.3 is 5.32 Å². The van der Waals surface area contributed by atoms with E-state index < -0.39 is 0 Å². The minimum absolute atomic E-state index is 0.517. The van der Waals surface area contributed by atoms with Crippen molar-refractivity contribution in [1.82, 2.24) is 5.32 Å². The highest BCUT2D eigenvalue weighted by atomic mass is 32.2. The number of hydrogen-bond acceptors (Lipinski definition) is 2. The molecule has 0 aliphatic carbocycles. The standard InChI is InChI=1S/C14H21NS/c1-11(2)9-13(15-4)10-16-14-7-5-12(3)6-8-14/h5-8,13,15H,1,9-10H2,2-4H3. The van der Waals surface area contributed by atoms with Crippen LogP contribution in [0.25, 0.3) is 0 Å². The van der Waals surface area contributed by atoms with Crippen LogP contribution in [-0.2, 0) is 0 Å². The third-order valence-corrected chi connectivity index (χ3v) is 3.65. The lowest BCUT2D eigenvalue weighted by Crippen LogP contribution is -2.27. The molecule has 0 bridgehead atoms. The second-order valence-corrected chi connectivity index (χ2v) is 5.36. The number of hydrogen-bond donors (Lipinski definition) is 1. The molecule has 1 N–H and O–H groups in total. The molecule has 0 aromatic heterocycles. The fourth-order valence-corrected chi connectivity index (χ4v) is 2.50. The fourth-order valence-electron chi connectivity index (χ4n) is 1.50. The van der Waals surface area contributed by atoms with Gasteiger partial charge in [0.25, 0.3) is 0 Å². The molecule has 1 atom stereocenters. The lowest BCUT2D eigenvalue weighted by Gasteiger charge is -2.15. The molecule has 0 saturated heterocycles. The van der Waals surface area contributed by atoms with Crippen LogP contribution in [0.4, 0.5) is 0 Å². The average Bonchev–Trinajstić information content (AvgIpc) is 2.26. The molecule has 1 aromatic rings. The zero-order valence-corrected chi connectivity index (χ0v) is 11.2. The van der Waals surface area contributed by atoms with Crippen LogP contribution in [0.15, 0.2) is 41.3 Å². The Morgan fingerprint density at radius 3 is 2.50 bits per heavy atom. The highest BCUT2D eigenvalue weighted by molar-refractivity contribution is 7.99. The van der Waals surface area contributed by atoms with Crippen molar-refractivity contribution in [3.8, 4) is 0 Å². The smallest absolute Gasteiger partial charge is 0.0195 e. The Balaban J connectivity index is 2.43. The Labute approximate surface area is 103 Å². The van der Waals surface area contributed by atoms with Gasteiger partial charge >= 0.3 is 0 Å². The van der Waals surface area contributed by atoms with Crippen molar-refractivity contribution in [2.24, 2.45) is 0 Å². The lowest BCUT2D eigenvalue weighted by atomic mass is 10.1.